The molecule has 0 aliphatic rings. The van der Waals surface area contributed by atoms with Gasteiger partial charge in [-0.3, -0.25) is 0 Å². The lowest BCUT2D eigenvalue weighted by molar-refractivity contribution is 0.556. The van der Waals surface area contributed by atoms with Crippen molar-refractivity contribution in [3.8, 4) is 0 Å². The van der Waals surface area contributed by atoms with Crippen molar-refractivity contribution in [2.75, 3.05) is 13.1 Å². The van der Waals surface area contributed by atoms with Crippen LogP contribution in [-0.2, 0) is 0 Å². The molecule has 1 unspecified atom stereocenters. The lowest BCUT2D eigenvalue weighted by atomic mass is 10.2. The number of nitrogens with one attached hydrogen (secondary N) is 1. The Kier molecular flexibility index (Phi) is 5.40. The quantitative estimate of drug-likeness (QED) is 0.618. The van der Waals surface area contributed by atoms with Crippen molar-refractivity contribution in [3.63, 3.8) is 0 Å². The van der Waals surface area contributed by atoms with Crippen LogP contribution in [0.2, 0.25) is 0 Å². The normalized spacial score (nSPS) is 12.7. The fourth-order valence-corrected chi connectivity index (χ4v) is 2.69. The van der Waals surface area contributed by atoms with Gasteiger partial charge in [0.2, 0.25) is 0 Å². The Morgan fingerprint density at radius 1 is 1.64 bits per heavy atom. The highest BCUT2D eigenvalue weighted by atomic mass is 79.9. The van der Waals surface area contributed by atoms with Crippen LogP contribution in [0.15, 0.2) is 28.6 Å². The number of halogens is 1. The molecule has 14 heavy (non-hydrogen) atoms. The van der Waals surface area contributed by atoms with Gasteiger partial charge >= 0.3 is 0 Å². The molecule has 3 N–H and O–H groups in total. The lowest BCUT2D eigenvalue weighted by Gasteiger charge is -2.14. The van der Waals surface area contributed by atoms with Gasteiger partial charge in [0.1, 0.15) is 0 Å². The number of hydrogen-bond acceptors (Lipinski definition) is 3. The van der Waals surface area contributed by atoms with E-state index in [0.717, 1.165) is 16.8 Å². The highest BCUT2D eigenvalue weighted by Gasteiger charge is 2.10. The van der Waals surface area contributed by atoms with E-state index in [1.165, 1.54) is 4.88 Å². The molecule has 1 heterocycles. The molecule has 0 saturated carbocycles. The zero-order valence-corrected chi connectivity index (χ0v) is 10.4. The number of rotatable bonds is 6. The zero-order valence-electron chi connectivity index (χ0n) is 8.00. The van der Waals surface area contributed by atoms with Gasteiger partial charge in [0.15, 0.2) is 0 Å². The standard InChI is InChI=1S/C10H15BrN2S/c1-2-3-6-13-8(7-12)9-4-5-10(11)14-9/h2,4-5,8,13H,1,3,6-7,12H2. The van der Waals surface area contributed by atoms with E-state index < -0.39 is 0 Å². The van der Waals surface area contributed by atoms with Crippen molar-refractivity contribution in [1.29, 1.82) is 0 Å². The Labute approximate surface area is 97.3 Å². The zero-order chi connectivity index (χ0) is 10.4. The van der Waals surface area contributed by atoms with Crippen LogP contribution in [0.1, 0.15) is 17.3 Å². The van der Waals surface area contributed by atoms with Crippen LogP contribution in [0.5, 0.6) is 0 Å². The summed E-state index contributed by atoms with van der Waals surface area (Å²) in [5.41, 5.74) is 5.70. The van der Waals surface area contributed by atoms with Gasteiger partial charge in [-0.2, -0.15) is 0 Å². The molecule has 1 aromatic heterocycles. The molecule has 0 aliphatic carbocycles. The van der Waals surface area contributed by atoms with Gasteiger partial charge < -0.3 is 11.1 Å². The summed E-state index contributed by atoms with van der Waals surface area (Å²) >= 11 is 5.17. The molecular weight excluding hydrogens is 260 g/mol. The predicted octanol–water partition coefficient (Wildman–Crippen LogP) is 2.68. The summed E-state index contributed by atoms with van der Waals surface area (Å²) in [6.45, 7) is 5.24. The molecule has 4 heteroatoms. The minimum absolute atomic E-state index is 0.270. The summed E-state index contributed by atoms with van der Waals surface area (Å²) in [4.78, 5) is 1.28. The molecular formula is C10H15BrN2S. The maximum absolute atomic E-state index is 5.70. The first kappa shape index (κ1) is 11.9. The Hall–Kier alpha value is -0.160. The van der Waals surface area contributed by atoms with Crippen LogP contribution in [0.25, 0.3) is 0 Å². The number of thiophene rings is 1. The van der Waals surface area contributed by atoms with E-state index in [0.29, 0.717) is 6.54 Å². The predicted molar refractivity (Wildman–Crippen MR) is 66.6 cm³/mol. The molecule has 0 aliphatic heterocycles. The Bertz CT molecular complexity index is 285. The third kappa shape index (κ3) is 3.53. The van der Waals surface area contributed by atoms with Gasteiger partial charge in [-0.15, -0.1) is 17.9 Å². The third-order valence-electron chi connectivity index (χ3n) is 1.91. The average molecular weight is 275 g/mol. The van der Waals surface area contributed by atoms with E-state index in [-0.39, 0.29) is 6.04 Å². The first-order chi connectivity index (χ1) is 6.77. The van der Waals surface area contributed by atoms with Crippen molar-refractivity contribution in [1.82, 2.24) is 5.32 Å². The molecule has 0 saturated heterocycles. The van der Waals surface area contributed by atoms with E-state index >= 15 is 0 Å². The molecule has 0 fully saturated rings. The molecule has 0 amide bonds. The van der Waals surface area contributed by atoms with Crippen LogP contribution >= 0.6 is 27.3 Å². The van der Waals surface area contributed by atoms with Crippen LogP contribution in [0.4, 0.5) is 0 Å². The minimum atomic E-state index is 0.270. The molecule has 78 valence electrons. The Morgan fingerprint density at radius 2 is 2.43 bits per heavy atom. The number of hydrogen-bond donors (Lipinski definition) is 2. The average Bonchev–Trinajstić information content (AvgIpc) is 2.60. The fraction of sp³-hybridized carbons (Fsp3) is 0.400. The molecule has 2 nitrogen and oxygen atoms in total. The van der Waals surface area contributed by atoms with Crippen LogP contribution in [0.3, 0.4) is 0 Å². The van der Waals surface area contributed by atoms with Gasteiger partial charge in [-0.1, -0.05) is 6.08 Å². The van der Waals surface area contributed by atoms with Crippen molar-refractivity contribution in [3.05, 3.63) is 33.5 Å². The molecule has 0 spiro atoms. The van der Waals surface area contributed by atoms with Gasteiger partial charge in [0.05, 0.1) is 9.83 Å². The highest BCUT2D eigenvalue weighted by Crippen LogP contribution is 2.26. The second kappa shape index (κ2) is 6.35. The van der Waals surface area contributed by atoms with Crippen LogP contribution in [0, 0.1) is 0 Å². The Balaban J connectivity index is 2.49. The van der Waals surface area contributed by atoms with Gasteiger partial charge in [-0.25, -0.2) is 0 Å². The Morgan fingerprint density at radius 3 is 2.93 bits per heavy atom. The summed E-state index contributed by atoms with van der Waals surface area (Å²) < 4.78 is 1.15. The van der Waals surface area contributed by atoms with Crippen molar-refractivity contribution < 1.29 is 0 Å². The van der Waals surface area contributed by atoms with E-state index in [4.69, 9.17) is 5.73 Å². The smallest absolute Gasteiger partial charge is 0.0702 e. The van der Waals surface area contributed by atoms with Crippen LogP contribution in [-0.4, -0.2) is 13.1 Å². The van der Waals surface area contributed by atoms with Gasteiger partial charge in [-0.05, 0) is 41.0 Å². The lowest BCUT2D eigenvalue weighted by Crippen LogP contribution is -2.28. The van der Waals surface area contributed by atoms with Crippen molar-refractivity contribution in [2.24, 2.45) is 5.73 Å². The molecule has 0 aromatic carbocycles. The molecule has 0 radical (unpaired) electrons. The number of nitrogens with two attached hydrogens (primary N) is 1. The van der Waals surface area contributed by atoms with E-state index in [1.54, 1.807) is 11.3 Å². The monoisotopic (exact) mass is 274 g/mol. The fourth-order valence-electron chi connectivity index (χ4n) is 1.18. The summed E-state index contributed by atoms with van der Waals surface area (Å²) in [6.07, 6.45) is 2.88. The van der Waals surface area contributed by atoms with Gasteiger partial charge in [0.25, 0.3) is 0 Å². The maximum atomic E-state index is 5.70. The van der Waals surface area contributed by atoms with E-state index in [2.05, 4.69) is 40.0 Å². The van der Waals surface area contributed by atoms with E-state index in [1.807, 2.05) is 6.08 Å². The largest absolute Gasteiger partial charge is 0.329 e. The highest BCUT2D eigenvalue weighted by molar-refractivity contribution is 9.11. The first-order valence-electron chi connectivity index (χ1n) is 4.57. The molecule has 1 aromatic rings. The van der Waals surface area contributed by atoms with Crippen LogP contribution < -0.4 is 11.1 Å². The maximum Gasteiger partial charge on any atom is 0.0702 e. The van der Waals surface area contributed by atoms with Gasteiger partial charge in [0, 0.05) is 11.4 Å². The summed E-state index contributed by atoms with van der Waals surface area (Å²) in [7, 11) is 0. The SMILES string of the molecule is C=CCCNC(CN)c1ccc(Br)s1. The molecule has 1 rings (SSSR count). The third-order valence-corrected chi connectivity index (χ3v) is 3.65. The van der Waals surface area contributed by atoms with E-state index in [9.17, 15) is 0 Å². The first-order valence-corrected chi connectivity index (χ1v) is 6.18. The summed E-state index contributed by atoms with van der Waals surface area (Å²) in [5.74, 6) is 0. The summed E-state index contributed by atoms with van der Waals surface area (Å²) in [5, 5.41) is 3.39. The van der Waals surface area contributed by atoms with Crippen molar-refractivity contribution in [2.45, 2.75) is 12.5 Å². The van der Waals surface area contributed by atoms with Crippen molar-refractivity contribution >= 4 is 27.3 Å². The second-order valence-corrected chi connectivity index (χ2v) is 5.46. The minimum Gasteiger partial charge on any atom is -0.329 e. The second-order valence-electron chi connectivity index (χ2n) is 2.96. The molecule has 1 atom stereocenters. The topological polar surface area (TPSA) is 38.0 Å². The summed E-state index contributed by atoms with van der Waals surface area (Å²) in [6, 6.07) is 4.43. The molecule has 0 bridgehead atoms.